The van der Waals surface area contributed by atoms with Crippen LogP contribution in [0.25, 0.3) is 11.0 Å². The Bertz CT molecular complexity index is 1070. The fourth-order valence-electron chi connectivity index (χ4n) is 3.14. The summed E-state index contributed by atoms with van der Waals surface area (Å²) >= 11 is 0. The molecule has 6 heteroatoms. The van der Waals surface area contributed by atoms with Crippen molar-refractivity contribution in [2.45, 2.75) is 39.3 Å². The largest absolute Gasteiger partial charge is 0.350 e. The number of H-pyrrole nitrogens is 1. The maximum atomic E-state index is 12.5. The highest BCUT2D eigenvalue weighted by Crippen LogP contribution is 2.12. The number of aromatic nitrogens is 2. The second-order valence-corrected chi connectivity index (χ2v) is 6.63. The molecule has 0 aliphatic carbocycles. The SMILES string of the molecule is CCn1c(=O)c(=O)[nH]c2cc(C(=O)N[C@H](C)CCc3ccccc3)ccc21. The summed E-state index contributed by atoms with van der Waals surface area (Å²) in [6.45, 7) is 4.16. The van der Waals surface area contributed by atoms with Gasteiger partial charge in [0, 0.05) is 18.2 Å². The zero-order valence-corrected chi connectivity index (χ0v) is 15.5. The number of amides is 1. The quantitative estimate of drug-likeness (QED) is 0.658. The van der Waals surface area contributed by atoms with Gasteiger partial charge in [-0.3, -0.25) is 14.4 Å². The van der Waals surface area contributed by atoms with Gasteiger partial charge in [0.25, 0.3) is 5.91 Å². The molecule has 140 valence electrons. The van der Waals surface area contributed by atoms with Crippen molar-refractivity contribution < 1.29 is 4.79 Å². The van der Waals surface area contributed by atoms with E-state index in [4.69, 9.17) is 0 Å². The van der Waals surface area contributed by atoms with Crippen LogP contribution in [0, 0.1) is 0 Å². The second kappa shape index (κ2) is 8.03. The molecule has 27 heavy (non-hydrogen) atoms. The van der Waals surface area contributed by atoms with Crippen molar-refractivity contribution >= 4 is 16.9 Å². The predicted molar refractivity (Wildman–Crippen MR) is 106 cm³/mol. The van der Waals surface area contributed by atoms with Gasteiger partial charge in [-0.05, 0) is 50.5 Å². The Morgan fingerprint density at radius 3 is 2.59 bits per heavy atom. The normalized spacial score (nSPS) is 12.1. The first-order valence-corrected chi connectivity index (χ1v) is 9.11. The Kier molecular flexibility index (Phi) is 5.54. The van der Waals surface area contributed by atoms with Crippen LogP contribution in [0.4, 0.5) is 0 Å². The average Bonchev–Trinajstić information content (AvgIpc) is 2.68. The number of rotatable bonds is 6. The van der Waals surface area contributed by atoms with Gasteiger partial charge < -0.3 is 14.9 Å². The lowest BCUT2D eigenvalue weighted by atomic mass is 10.1. The number of nitrogens with zero attached hydrogens (tertiary/aromatic N) is 1. The fraction of sp³-hybridized carbons (Fsp3) is 0.286. The topological polar surface area (TPSA) is 84.0 Å². The number of hydrogen-bond acceptors (Lipinski definition) is 3. The van der Waals surface area contributed by atoms with E-state index < -0.39 is 11.1 Å². The summed E-state index contributed by atoms with van der Waals surface area (Å²) in [6.07, 6.45) is 1.71. The van der Waals surface area contributed by atoms with Crippen molar-refractivity contribution in [3.8, 4) is 0 Å². The molecule has 1 atom stereocenters. The second-order valence-electron chi connectivity index (χ2n) is 6.63. The van der Waals surface area contributed by atoms with Gasteiger partial charge in [-0.2, -0.15) is 0 Å². The molecule has 0 fully saturated rings. The fourth-order valence-corrected chi connectivity index (χ4v) is 3.14. The highest BCUT2D eigenvalue weighted by atomic mass is 16.2. The molecular weight excluding hydrogens is 342 g/mol. The molecule has 0 aliphatic heterocycles. The van der Waals surface area contributed by atoms with E-state index in [0.29, 0.717) is 23.1 Å². The lowest BCUT2D eigenvalue weighted by molar-refractivity contribution is 0.0938. The van der Waals surface area contributed by atoms with Crippen LogP contribution < -0.4 is 16.4 Å². The molecule has 6 nitrogen and oxygen atoms in total. The Labute approximate surface area is 156 Å². The Balaban J connectivity index is 1.74. The molecule has 1 aromatic heterocycles. The monoisotopic (exact) mass is 365 g/mol. The molecular formula is C21H23N3O3. The summed E-state index contributed by atoms with van der Waals surface area (Å²) in [5.74, 6) is -0.201. The standard InChI is InChI=1S/C21H23N3O3/c1-3-24-18-12-11-16(13-17(18)23-20(26)21(24)27)19(25)22-14(2)9-10-15-7-5-4-6-8-15/h4-8,11-14H,3,9-10H2,1-2H3,(H,22,25)(H,23,26)/t14-/m1/s1. The van der Waals surface area contributed by atoms with Gasteiger partial charge in [-0.25, -0.2) is 0 Å². The number of aryl methyl sites for hydroxylation is 2. The summed E-state index contributed by atoms with van der Waals surface area (Å²) in [5.41, 5.74) is 1.50. The van der Waals surface area contributed by atoms with Gasteiger partial charge in [0.05, 0.1) is 11.0 Å². The van der Waals surface area contributed by atoms with Crippen molar-refractivity contribution in [1.82, 2.24) is 14.9 Å². The summed E-state index contributed by atoms with van der Waals surface area (Å²) in [7, 11) is 0. The van der Waals surface area contributed by atoms with Crippen LogP contribution in [0.1, 0.15) is 36.2 Å². The molecule has 3 aromatic rings. The molecule has 0 spiro atoms. The minimum atomic E-state index is -0.682. The number of benzene rings is 2. The highest BCUT2D eigenvalue weighted by Gasteiger charge is 2.13. The number of nitrogens with one attached hydrogen (secondary N) is 2. The van der Waals surface area contributed by atoms with E-state index in [1.807, 2.05) is 25.1 Å². The van der Waals surface area contributed by atoms with Gasteiger partial charge in [-0.1, -0.05) is 30.3 Å². The first-order valence-electron chi connectivity index (χ1n) is 9.11. The van der Waals surface area contributed by atoms with Crippen LogP contribution in [0.5, 0.6) is 0 Å². The molecule has 0 radical (unpaired) electrons. The molecule has 0 aliphatic rings. The van der Waals surface area contributed by atoms with E-state index in [-0.39, 0.29) is 11.9 Å². The van der Waals surface area contributed by atoms with E-state index >= 15 is 0 Å². The Morgan fingerprint density at radius 2 is 1.89 bits per heavy atom. The van der Waals surface area contributed by atoms with E-state index in [1.54, 1.807) is 25.1 Å². The van der Waals surface area contributed by atoms with Crippen LogP contribution in [0.3, 0.4) is 0 Å². The van der Waals surface area contributed by atoms with Gasteiger partial charge in [0.15, 0.2) is 0 Å². The molecule has 0 saturated heterocycles. The molecule has 0 unspecified atom stereocenters. The van der Waals surface area contributed by atoms with Crippen molar-refractivity contribution in [2.24, 2.45) is 0 Å². The highest BCUT2D eigenvalue weighted by molar-refractivity contribution is 5.97. The zero-order valence-electron chi connectivity index (χ0n) is 15.5. The smallest absolute Gasteiger partial charge is 0.316 e. The summed E-state index contributed by atoms with van der Waals surface area (Å²) in [6, 6.07) is 15.1. The van der Waals surface area contributed by atoms with Crippen molar-refractivity contribution in [3.63, 3.8) is 0 Å². The van der Waals surface area contributed by atoms with Gasteiger partial charge in [0.1, 0.15) is 0 Å². The van der Waals surface area contributed by atoms with Crippen LogP contribution in [-0.4, -0.2) is 21.5 Å². The first kappa shape index (κ1) is 18.6. The van der Waals surface area contributed by atoms with Crippen LogP contribution >= 0.6 is 0 Å². The Morgan fingerprint density at radius 1 is 1.15 bits per heavy atom. The molecule has 3 rings (SSSR count). The van der Waals surface area contributed by atoms with Crippen molar-refractivity contribution in [3.05, 3.63) is 80.4 Å². The minimum Gasteiger partial charge on any atom is -0.350 e. The maximum Gasteiger partial charge on any atom is 0.316 e. The van der Waals surface area contributed by atoms with Gasteiger partial charge >= 0.3 is 11.1 Å². The zero-order chi connectivity index (χ0) is 19.4. The number of hydrogen-bond donors (Lipinski definition) is 2. The van der Waals surface area contributed by atoms with Crippen LogP contribution in [0.15, 0.2) is 58.1 Å². The van der Waals surface area contributed by atoms with Gasteiger partial charge in [0.2, 0.25) is 0 Å². The Hall–Kier alpha value is -3.15. The lowest BCUT2D eigenvalue weighted by Crippen LogP contribution is -2.36. The van der Waals surface area contributed by atoms with Crippen molar-refractivity contribution in [1.29, 1.82) is 0 Å². The van der Waals surface area contributed by atoms with Crippen molar-refractivity contribution in [2.75, 3.05) is 0 Å². The van der Waals surface area contributed by atoms with Crippen LogP contribution in [0.2, 0.25) is 0 Å². The molecule has 1 heterocycles. The minimum absolute atomic E-state index is 0.0112. The lowest BCUT2D eigenvalue weighted by Gasteiger charge is -2.14. The predicted octanol–water partition coefficient (Wildman–Crippen LogP) is 2.46. The molecule has 1 amide bonds. The number of aromatic amines is 1. The summed E-state index contributed by atoms with van der Waals surface area (Å²) in [5, 5.41) is 2.99. The maximum absolute atomic E-state index is 12.5. The molecule has 0 saturated carbocycles. The third kappa shape index (κ3) is 4.16. The number of carbonyl (C=O) groups is 1. The first-order chi connectivity index (χ1) is 13.0. The average molecular weight is 365 g/mol. The van der Waals surface area contributed by atoms with E-state index in [9.17, 15) is 14.4 Å². The number of fused-ring (bicyclic) bond motifs is 1. The van der Waals surface area contributed by atoms with Gasteiger partial charge in [-0.15, -0.1) is 0 Å². The third-order valence-corrected chi connectivity index (χ3v) is 4.64. The van der Waals surface area contributed by atoms with E-state index in [1.165, 1.54) is 10.1 Å². The summed E-state index contributed by atoms with van der Waals surface area (Å²) < 4.78 is 1.40. The number of carbonyl (C=O) groups excluding carboxylic acids is 1. The van der Waals surface area contributed by atoms with E-state index in [2.05, 4.69) is 22.4 Å². The summed E-state index contributed by atoms with van der Waals surface area (Å²) in [4.78, 5) is 38.8. The third-order valence-electron chi connectivity index (χ3n) is 4.64. The molecule has 2 aromatic carbocycles. The molecule has 0 bridgehead atoms. The van der Waals surface area contributed by atoms with Crippen LogP contribution in [-0.2, 0) is 13.0 Å². The van der Waals surface area contributed by atoms with E-state index in [0.717, 1.165) is 12.8 Å². The molecule has 2 N–H and O–H groups in total.